The quantitative estimate of drug-likeness (QED) is 0.656. The van der Waals surface area contributed by atoms with E-state index in [0.29, 0.717) is 11.7 Å². The van der Waals surface area contributed by atoms with Crippen LogP contribution in [0.15, 0.2) is 18.2 Å². The lowest BCUT2D eigenvalue weighted by Gasteiger charge is -2.03. The third-order valence-electron chi connectivity index (χ3n) is 2.53. The van der Waals surface area contributed by atoms with Crippen molar-refractivity contribution < 1.29 is 4.79 Å². The van der Waals surface area contributed by atoms with Gasteiger partial charge in [-0.1, -0.05) is 36.9 Å². The van der Waals surface area contributed by atoms with E-state index < -0.39 is 8.07 Å². The number of hydrogen-bond acceptors (Lipinski definition) is 3. The lowest BCUT2D eigenvalue weighted by molar-refractivity contribution is 0.252. The summed E-state index contributed by atoms with van der Waals surface area (Å²) < 4.78 is 1.03. The number of fused-ring (bicyclic) bond motifs is 1. The molecular formula is C15H19N3OSSi. The molecule has 0 aliphatic carbocycles. The lowest BCUT2D eigenvalue weighted by atomic mass is 10.2. The fourth-order valence-corrected chi connectivity index (χ4v) is 3.04. The van der Waals surface area contributed by atoms with Crippen molar-refractivity contribution in [2.24, 2.45) is 0 Å². The van der Waals surface area contributed by atoms with Crippen LogP contribution in [0.3, 0.4) is 0 Å². The van der Waals surface area contributed by atoms with Crippen LogP contribution in [0.2, 0.25) is 19.6 Å². The summed E-state index contributed by atoms with van der Waals surface area (Å²) in [5.41, 5.74) is 5.23. The highest BCUT2D eigenvalue weighted by molar-refractivity contribution is 7.22. The second kappa shape index (κ2) is 6.29. The first kappa shape index (κ1) is 15.5. The lowest BCUT2D eigenvalue weighted by Crippen LogP contribution is -2.28. The number of amides is 2. The Labute approximate surface area is 130 Å². The van der Waals surface area contributed by atoms with Crippen LogP contribution in [0.25, 0.3) is 10.2 Å². The van der Waals surface area contributed by atoms with Gasteiger partial charge in [-0.3, -0.25) is 5.32 Å². The van der Waals surface area contributed by atoms with Crippen LogP contribution >= 0.6 is 11.3 Å². The van der Waals surface area contributed by atoms with E-state index in [0.717, 1.165) is 15.8 Å². The molecule has 0 unspecified atom stereocenters. The molecule has 2 amide bonds. The third-order valence-corrected chi connectivity index (χ3v) is 4.34. The molecule has 0 saturated heterocycles. The molecule has 2 N–H and O–H groups in total. The highest BCUT2D eigenvalue weighted by Gasteiger charge is 2.09. The maximum Gasteiger partial charge on any atom is 0.321 e. The Bertz CT molecular complexity index is 722. The average molecular weight is 317 g/mol. The molecule has 0 atom stereocenters. The molecule has 2 rings (SSSR count). The van der Waals surface area contributed by atoms with Crippen molar-refractivity contribution >= 4 is 40.8 Å². The monoisotopic (exact) mass is 317 g/mol. The van der Waals surface area contributed by atoms with Crippen molar-refractivity contribution in [1.29, 1.82) is 0 Å². The molecule has 1 heterocycles. The molecule has 21 heavy (non-hydrogen) atoms. The van der Waals surface area contributed by atoms with Gasteiger partial charge < -0.3 is 5.32 Å². The van der Waals surface area contributed by atoms with Gasteiger partial charge in [0.1, 0.15) is 8.07 Å². The standard InChI is InChI=1S/C15H19N3OSSi/c1-5-16-14(19)18-15-17-12-7-6-11(10-13(12)20-15)8-9-21(2,3)4/h6-7,10H,5H2,1-4H3,(H2,16,17,18,19). The minimum absolute atomic E-state index is 0.227. The summed E-state index contributed by atoms with van der Waals surface area (Å²) in [5.74, 6) is 3.24. The van der Waals surface area contributed by atoms with E-state index in [9.17, 15) is 4.79 Å². The fraction of sp³-hybridized carbons (Fsp3) is 0.333. The summed E-state index contributed by atoms with van der Waals surface area (Å²) in [6.07, 6.45) is 0. The number of thiazole rings is 1. The maximum atomic E-state index is 11.5. The van der Waals surface area contributed by atoms with Crippen LogP contribution in [-0.4, -0.2) is 25.6 Å². The molecule has 2 aromatic rings. The van der Waals surface area contributed by atoms with E-state index >= 15 is 0 Å². The Morgan fingerprint density at radius 3 is 2.81 bits per heavy atom. The highest BCUT2D eigenvalue weighted by atomic mass is 32.1. The van der Waals surface area contributed by atoms with Crippen molar-refractivity contribution in [3.8, 4) is 11.5 Å². The summed E-state index contributed by atoms with van der Waals surface area (Å²) in [5, 5.41) is 6.02. The molecule has 1 aromatic heterocycles. The molecule has 1 aromatic carbocycles. The number of anilines is 1. The van der Waals surface area contributed by atoms with Gasteiger partial charge in [0, 0.05) is 12.1 Å². The van der Waals surface area contributed by atoms with E-state index in [2.05, 4.69) is 46.7 Å². The molecule has 0 spiro atoms. The van der Waals surface area contributed by atoms with Gasteiger partial charge in [-0.2, -0.15) is 0 Å². The van der Waals surface area contributed by atoms with E-state index in [1.54, 1.807) is 0 Å². The Morgan fingerprint density at radius 1 is 1.38 bits per heavy atom. The number of nitrogens with one attached hydrogen (secondary N) is 2. The summed E-state index contributed by atoms with van der Waals surface area (Å²) >= 11 is 1.46. The smallest absolute Gasteiger partial charge is 0.321 e. The Balaban J connectivity index is 2.23. The molecular weight excluding hydrogens is 298 g/mol. The van der Waals surface area contributed by atoms with Crippen LogP contribution in [0, 0.1) is 11.5 Å². The SMILES string of the molecule is CCNC(=O)Nc1nc2ccc(C#C[Si](C)(C)C)cc2s1. The minimum atomic E-state index is -1.37. The van der Waals surface area contributed by atoms with E-state index in [1.807, 2.05) is 25.1 Å². The number of hydrogen-bond donors (Lipinski definition) is 2. The van der Waals surface area contributed by atoms with Gasteiger partial charge in [0.05, 0.1) is 10.2 Å². The number of carbonyl (C=O) groups excluding carboxylic acids is 1. The van der Waals surface area contributed by atoms with Crippen LogP contribution in [-0.2, 0) is 0 Å². The van der Waals surface area contributed by atoms with Gasteiger partial charge in [0.25, 0.3) is 0 Å². The Morgan fingerprint density at radius 2 is 2.14 bits per heavy atom. The first-order chi connectivity index (χ1) is 9.87. The summed E-state index contributed by atoms with van der Waals surface area (Å²) in [7, 11) is -1.37. The van der Waals surface area contributed by atoms with Gasteiger partial charge in [-0.25, -0.2) is 9.78 Å². The summed E-state index contributed by atoms with van der Waals surface area (Å²) in [6, 6.07) is 5.73. The molecule has 6 heteroatoms. The molecule has 0 aliphatic heterocycles. The second-order valence-corrected chi connectivity index (χ2v) is 11.5. The molecule has 0 aliphatic rings. The highest BCUT2D eigenvalue weighted by Crippen LogP contribution is 2.26. The first-order valence-corrected chi connectivity index (χ1v) is 11.2. The Kier molecular flexibility index (Phi) is 4.65. The topological polar surface area (TPSA) is 54.0 Å². The van der Waals surface area contributed by atoms with Crippen molar-refractivity contribution in [1.82, 2.24) is 10.3 Å². The predicted molar refractivity (Wildman–Crippen MR) is 92.5 cm³/mol. The van der Waals surface area contributed by atoms with Crippen molar-refractivity contribution in [2.75, 3.05) is 11.9 Å². The normalized spacial score (nSPS) is 10.9. The first-order valence-electron chi connectivity index (χ1n) is 6.86. The van der Waals surface area contributed by atoms with Gasteiger partial charge in [0.15, 0.2) is 5.13 Å². The number of aromatic nitrogens is 1. The van der Waals surface area contributed by atoms with Crippen LogP contribution in [0.4, 0.5) is 9.93 Å². The van der Waals surface area contributed by atoms with Crippen LogP contribution in [0.5, 0.6) is 0 Å². The number of urea groups is 1. The van der Waals surface area contributed by atoms with E-state index in [-0.39, 0.29) is 6.03 Å². The number of benzene rings is 1. The number of rotatable bonds is 2. The molecule has 110 valence electrons. The summed E-state index contributed by atoms with van der Waals surface area (Å²) in [4.78, 5) is 15.9. The van der Waals surface area contributed by atoms with Gasteiger partial charge in [-0.05, 0) is 25.1 Å². The summed E-state index contributed by atoms with van der Waals surface area (Å²) in [6.45, 7) is 9.13. The fourth-order valence-electron chi connectivity index (χ4n) is 1.62. The third kappa shape index (κ3) is 4.58. The van der Waals surface area contributed by atoms with Crippen molar-refractivity contribution in [3.05, 3.63) is 23.8 Å². The van der Waals surface area contributed by atoms with Crippen molar-refractivity contribution in [3.63, 3.8) is 0 Å². The molecule has 0 radical (unpaired) electrons. The Hall–Kier alpha value is -1.84. The van der Waals surface area contributed by atoms with Gasteiger partial charge in [0.2, 0.25) is 0 Å². The molecule has 0 saturated carbocycles. The predicted octanol–water partition coefficient (Wildman–Crippen LogP) is 3.67. The average Bonchev–Trinajstić information content (AvgIpc) is 2.76. The second-order valence-electron chi connectivity index (χ2n) is 5.69. The largest absolute Gasteiger partial charge is 0.338 e. The van der Waals surface area contributed by atoms with E-state index in [4.69, 9.17) is 0 Å². The molecule has 0 bridgehead atoms. The maximum absolute atomic E-state index is 11.5. The zero-order chi connectivity index (χ0) is 15.5. The zero-order valence-corrected chi connectivity index (χ0v) is 14.5. The molecule has 0 fully saturated rings. The van der Waals surface area contributed by atoms with Crippen molar-refractivity contribution in [2.45, 2.75) is 26.6 Å². The minimum Gasteiger partial charge on any atom is -0.338 e. The number of carbonyl (C=O) groups is 1. The molecule has 4 nitrogen and oxygen atoms in total. The zero-order valence-electron chi connectivity index (χ0n) is 12.7. The van der Waals surface area contributed by atoms with Gasteiger partial charge in [-0.15, -0.1) is 5.54 Å². The van der Waals surface area contributed by atoms with Crippen LogP contribution in [0.1, 0.15) is 12.5 Å². The van der Waals surface area contributed by atoms with E-state index in [1.165, 1.54) is 11.3 Å². The van der Waals surface area contributed by atoms with Gasteiger partial charge >= 0.3 is 6.03 Å². The number of nitrogens with zero attached hydrogens (tertiary/aromatic N) is 1. The van der Waals surface area contributed by atoms with Crippen LogP contribution < -0.4 is 10.6 Å².